The summed E-state index contributed by atoms with van der Waals surface area (Å²) in [6.45, 7) is 5.75. The normalized spacial score (nSPS) is 22.2. The number of benzene rings is 2. The minimum absolute atomic E-state index is 0.572. The Morgan fingerprint density at radius 3 is 2.58 bits per heavy atom. The van der Waals surface area contributed by atoms with Crippen molar-refractivity contribution in [3.05, 3.63) is 58.6 Å². The van der Waals surface area contributed by atoms with Gasteiger partial charge in [0.2, 0.25) is 0 Å². The van der Waals surface area contributed by atoms with Crippen LogP contribution in [0.2, 0.25) is 5.02 Å². The van der Waals surface area contributed by atoms with E-state index in [1.165, 1.54) is 37.1 Å². The molecule has 26 heavy (non-hydrogen) atoms. The van der Waals surface area contributed by atoms with E-state index in [-0.39, 0.29) is 0 Å². The van der Waals surface area contributed by atoms with Gasteiger partial charge in [-0.2, -0.15) is 0 Å². The summed E-state index contributed by atoms with van der Waals surface area (Å²) in [5.41, 5.74) is 2.65. The molecule has 0 aromatic heterocycles. The molecule has 3 N–H and O–H groups in total. The molecule has 1 fully saturated rings. The van der Waals surface area contributed by atoms with E-state index in [9.17, 15) is 0 Å². The summed E-state index contributed by atoms with van der Waals surface area (Å²) in [4.78, 5) is 1.70. The van der Waals surface area contributed by atoms with Crippen molar-refractivity contribution in [3.63, 3.8) is 0 Å². The maximum atomic E-state index is 6.34. The van der Waals surface area contributed by atoms with Gasteiger partial charge in [0.25, 0.3) is 0 Å². The molecule has 0 saturated carbocycles. The van der Waals surface area contributed by atoms with Gasteiger partial charge in [-0.15, -0.1) is 0 Å². The summed E-state index contributed by atoms with van der Waals surface area (Å²) >= 11 is 6.34. The van der Waals surface area contributed by atoms with Crippen LogP contribution in [0.1, 0.15) is 24.0 Å². The lowest BCUT2D eigenvalue weighted by Gasteiger charge is -2.28. The summed E-state index contributed by atoms with van der Waals surface area (Å²) < 4.78 is 11.3. The van der Waals surface area contributed by atoms with Crippen molar-refractivity contribution < 1.29 is 19.7 Å². The maximum Gasteiger partial charge on any atom is 0.179 e. The Balaban J connectivity index is 1.27. The Bertz CT molecular complexity index is 730. The van der Waals surface area contributed by atoms with Crippen molar-refractivity contribution in [2.45, 2.75) is 32.0 Å². The molecule has 2 aliphatic rings. The second-order valence-corrected chi connectivity index (χ2v) is 7.70. The van der Waals surface area contributed by atoms with E-state index in [2.05, 4.69) is 41.7 Å². The number of halogens is 1. The molecular formula is C21H27ClN2O2+2. The number of piperidine rings is 1. The molecule has 2 aliphatic heterocycles. The van der Waals surface area contributed by atoms with Gasteiger partial charge in [-0.05, 0) is 12.1 Å². The van der Waals surface area contributed by atoms with Crippen LogP contribution in [0, 0.1) is 0 Å². The standard InChI is InChI=1S/C21H25ClN2O2/c22-19-12-17(13-20-21(19)26-11-10-25-20)14-23-18-6-8-24(9-7-18)15-16-4-2-1-3-5-16/h1-5,12-13,18,23H,6-11,14-15H2/p+2. The highest BCUT2D eigenvalue weighted by Gasteiger charge is 2.25. The minimum Gasteiger partial charge on any atom is -0.486 e. The molecule has 2 heterocycles. The number of hydrogen-bond acceptors (Lipinski definition) is 2. The first-order valence-corrected chi connectivity index (χ1v) is 9.94. The zero-order chi connectivity index (χ0) is 17.8. The van der Waals surface area contributed by atoms with Crippen LogP contribution in [0.5, 0.6) is 11.5 Å². The Kier molecular flexibility index (Phi) is 5.63. The molecule has 5 heteroatoms. The van der Waals surface area contributed by atoms with Crippen LogP contribution >= 0.6 is 11.6 Å². The van der Waals surface area contributed by atoms with Crippen LogP contribution in [-0.4, -0.2) is 32.3 Å². The topological polar surface area (TPSA) is 39.5 Å². The zero-order valence-corrected chi connectivity index (χ0v) is 15.8. The van der Waals surface area contributed by atoms with Gasteiger partial charge in [0.15, 0.2) is 11.5 Å². The van der Waals surface area contributed by atoms with Gasteiger partial charge in [0.05, 0.1) is 24.2 Å². The predicted octanol–water partition coefficient (Wildman–Crippen LogP) is 1.42. The highest BCUT2D eigenvalue weighted by atomic mass is 35.5. The van der Waals surface area contributed by atoms with Gasteiger partial charge in [0, 0.05) is 24.0 Å². The Morgan fingerprint density at radius 2 is 1.77 bits per heavy atom. The fourth-order valence-electron chi connectivity index (χ4n) is 3.93. The van der Waals surface area contributed by atoms with Crippen molar-refractivity contribution in [2.75, 3.05) is 26.3 Å². The third-order valence-electron chi connectivity index (χ3n) is 5.38. The monoisotopic (exact) mass is 374 g/mol. The van der Waals surface area contributed by atoms with Gasteiger partial charge >= 0.3 is 0 Å². The van der Waals surface area contributed by atoms with Gasteiger partial charge in [-0.25, -0.2) is 0 Å². The van der Waals surface area contributed by atoms with E-state index in [1.54, 1.807) is 4.90 Å². The van der Waals surface area contributed by atoms with Gasteiger partial charge in [0.1, 0.15) is 26.3 Å². The number of nitrogens with two attached hydrogens (primary N) is 1. The molecule has 2 aromatic carbocycles. The summed E-state index contributed by atoms with van der Waals surface area (Å²) in [5, 5.41) is 3.12. The quantitative estimate of drug-likeness (QED) is 0.831. The lowest BCUT2D eigenvalue weighted by molar-refractivity contribution is -0.926. The van der Waals surface area contributed by atoms with E-state index in [4.69, 9.17) is 21.1 Å². The Hall–Kier alpha value is -1.75. The average Bonchev–Trinajstić information content (AvgIpc) is 2.68. The third kappa shape index (κ3) is 4.32. The van der Waals surface area contributed by atoms with Crippen molar-refractivity contribution in [3.8, 4) is 11.5 Å². The molecule has 1 saturated heterocycles. The molecule has 138 valence electrons. The van der Waals surface area contributed by atoms with Crippen LogP contribution in [0.4, 0.5) is 0 Å². The van der Waals surface area contributed by atoms with E-state index in [0.29, 0.717) is 30.0 Å². The van der Waals surface area contributed by atoms with E-state index >= 15 is 0 Å². The van der Waals surface area contributed by atoms with Crippen LogP contribution in [0.15, 0.2) is 42.5 Å². The first-order valence-electron chi connectivity index (χ1n) is 9.57. The SMILES string of the molecule is Clc1cc(C[NH2+]C2CC[NH+](Cc3ccccc3)CC2)cc2c1OCCO2. The fraction of sp³-hybridized carbons (Fsp3) is 0.429. The van der Waals surface area contributed by atoms with Crippen LogP contribution in [0.3, 0.4) is 0 Å². The smallest absolute Gasteiger partial charge is 0.179 e. The number of quaternary nitrogens is 2. The number of likely N-dealkylation sites (tertiary alicyclic amines) is 1. The first-order chi connectivity index (χ1) is 12.8. The number of hydrogen-bond donors (Lipinski definition) is 2. The maximum absolute atomic E-state index is 6.34. The van der Waals surface area contributed by atoms with Crippen molar-refractivity contribution >= 4 is 11.6 Å². The fourth-order valence-corrected chi connectivity index (χ4v) is 4.22. The molecule has 0 spiro atoms. The Labute approximate surface area is 160 Å². The highest BCUT2D eigenvalue weighted by molar-refractivity contribution is 6.32. The largest absolute Gasteiger partial charge is 0.486 e. The minimum atomic E-state index is 0.572. The van der Waals surface area contributed by atoms with Gasteiger partial charge < -0.3 is 19.7 Å². The van der Waals surface area contributed by atoms with Crippen LogP contribution < -0.4 is 19.7 Å². The van der Waals surface area contributed by atoms with E-state index in [0.717, 1.165) is 18.8 Å². The summed E-state index contributed by atoms with van der Waals surface area (Å²) in [6.07, 6.45) is 2.53. The number of ether oxygens (including phenoxy) is 2. The molecule has 0 aliphatic carbocycles. The lowest BCUT2D eigenvalue weighted by Crippen LogP contribution is -3.13. The average molecular weight is 375 g/mol. The molecule has 0 amide bonds. The summed E-state index contributed by atoms with van der Waals surface area (Å²) in [5.74, 6) is 1.48. The Morgan fingerprint density at radius 1 is 1.00 bits per heavy atom. The molecule has 0 bridgehead atoms. The zero-order valence-electron chi connectivity index (χ0n) is 15.0. The molecule has 2 aromatic rings. The van der Waals surface area contributed by atoms with Gasteiger partial charge in [-0.3, -0.25) is 0 Å². The van der Waals surface area contributed by atoms with Crippen molar-refractivity contribution in [1.29, 1.82) is 0 Å². The summed E-state index contributed by atoms with van der Waals surface area (Å²) in [6, 6.07) is 15.6. The summed E-state index contributed by atoms with van der Waals surface area (Å²) in [7, 11) is 0. The lowest BCUT2D eigenvalue weighted by atomic mass is 10.0. The number of rotatable bonds is 5. The highest BCUT2D eigenvalue weighted by Crippen LogP contribution is 2.38. The third-order valence-corrected chi connectivity index (χ3v) is 5.66. The second-order valence-electron chi connectivity index (χ2n) is 7.29. The molecular weight excluding hydrogens is 348 g/mol. The van der Waals surface area contributed by atoms with Gasteiger partial charge in [-0.1, -0.05) is 41.9 Å². The van der Waals surface area contributed by atoms with E-state index in [1.807, 2.05) is 6.07 Å². The van der Waals surface area contributed by atoms with Crippen molar-refractivity contribution in [2.24, 2.45) is 0 Å². The van der Waals surface area contributed by atoms with Crippen LogP contribution in [0.25, 0.3) is 0 Å². The molecule has 0 radical (unpaired) electrons. The molecule has 0 unspecified atom stereocenters. The molecule has 4 rings (SSSR count). The number of nitrogens with one attached hydrogen (secondary N) is 1. The van der Waals surface area contributed by atoms with Crippen molar-refractivity contribution in [1.82, 2.24) is 0 Å². The second kappa shape index (κ2) is 8.30. The predicted molar refractivity (Wildman–Crippen MR) is 102 cm³/mol. The number of fused-ring (bicyclic) bond motifs is 1. The van der Waals surface area contributed by atoms with Crippen LogP contribution in [-0.2, 0) is 13.1 Å². The first kappa shape index (κ1) is 17.7. The molecule has 0 atom stereocenters. The van der Waals surface area contributed by atoms with E-state index < -0.39 is 0 Å². The molecule has 4 nitrogen and oxygen atoms in total.